The number of carbonyl (C=O) groups is 1. The van der Waals surface area contributed by atoms with Crippen molar-refractivity contribution in [3.05, 3.63) is 46.8 Å². The lowest BCUT2D eigenvalue weighted by molar-refractivity contribution is 0.0946. The van der Waals surface area contributed by atoms with E-state index < -0.39 is 0 Å². The Hall–Kier alpha value is -2.05. The monoisotopic (exact) mass is 393 g/mol. The van der Waals surface area contributed by atoms with Crippen LogP contribution in [0.3, 0.4) is 0 Å². The van der Waals surface area contributed by atoms with Crippen molar-refractivity contribution in [2.45, 2.75) is 39.7 Å². The summed E-state index contributed by atoms with van der Waals surface area (Å²) >= 11 is 0. The smallest absolute Gasteiger partial charge is 0.255 e. The molecule has 3 rings (SSSR count). The van der Waals surface area contributed by atoms with Crippen LogP contribution in [0.25, 0.3) is 0 Å². The van der Waals surface area contributed by atoms with Gasteiger partial charge in [-0.1, -0.05) is 17.3 Å². The topological polar surface area (TPSA) is 76.4 Å². The number of piperidine rings is 1. The number of amides is 1. The molecule has 6 nitrogen and oxygen atoms in total. The lowest BCUT2D eigenvalue weighted by Crippen LogP contribution is -2.33. The highest BCUT2D eigenvalue weighted by atomic mass is 35.5. The highest BCUT2D eigenvalue weighted by Gasteiger charge is 2.16. The van der Waals surface area contributed by atoms with E-state index in [1.165, 1.54) is 12.8 Å². The number of carbonyl (C=O) groups excluding carboxylic acids is 1. The number of nitrogens with zero attached hydrogens (tertiary/aromatic N) is 1. The molecule has 27 heavy (non-hydrogen) atoms. The van der Waals surface area contributed by atoms with Crippen molar-refractivity contribution in [3.8, 4) is 5.75 Å². The predicted octanol–water partition coefficient (Wildman–Crippen LogP) is 3.41. The molecule has 0 radical (unpaired) electrons. The summed E-state index contributed by atoms with van der Waals surface area (Å²) in [5.41, 5.74) is 2.29. The fourth-order valence-electron chi connectivity index (χ4n) is 3.29. The number of para-hydroxylation sites is 1. The van der Waals surface area contributed by atoms with Gasteiger partial charge in [-0.2, -0.15) is 0 Å². The van der Waals surface area contributed by atoms with E-state index in [0.717, 1.165) is 36.5 Å². The average Bonchev–Trinajstić information content (AvgIpc) is 2.99. The maximum Gasteiger partial charge on any atom is 0.255 e. The summed E-state index contributed by atoms with van der Waals surface area (Å²) in [6.07, 6.45) is 3.46. The van der Waals surface area contributed by atoms with Crippen molar-refractivity contribution in [1.82, 2.24) is 15.8 Å². The second-order valence-corrected chi connectivity index (χ2v) is 6.84. The van der Waals surface area contributed by atoms with Gasteiger partial charge in [0.2, 0.25) is 0 Å². The Morgan fingerprint density at radius 1 is 1.37 bits per heavy atom. The zero-order valence-corrected chi connectivity index (χ0v) is 16.7. The van der Waals surface area contributed by atoms with Crippen molar-refractivity contribution in [3.63, 3.8) is 0 Å². The van der Waals surface area contributed by atoms with Crippen molar-refractivity contribution >= 4 is 18.3 Å². The Morgan fingerprint density at radius 2 is 2.19 bits per heavy atom. The molecule has 0 saturated carbocycles. The van der Waals surface area contributed by atoms with E-state index in [2.05, 4.69) is 15.8 Å². The maximum atomic E-state index is 12.6. The molecule has 1 atom stereocenters. The summed E-state index contributed by atoms with van der Waals surface area (Å²) in [5.74, 6) is 1.87. The summed E-state index contributed by atoms with van der Waals surface area (Å²) in [6.45, 7) is 6.92. The van der Waals surface area contributed by atoms with Gasteiger partial charge in [0.25, 0.3) is 5.91 Å². The third-order valence-electron chi connectivity index (χ3n) is 4.92. The first-order valence-corrected chi connectivity index (χ1v) is 9.27. The molecule has 1 amide bonds. The predicted molar refractivity (Wildman–Crippen MR) is 107 cm³/mol. The van der Waals surface area contributed by atoms with Gasteiger partial charge in [0.05, 0.1) is 16.8 Å². The molecule has 2 heterocycles. The van der Waals surface area contributed by atoms with Crippen LogP contribution in [0.15, 0.2) is 28.8 Å². The van der Waals surface area contributed by atoms with Crippen molar-refractivity contribution in [1.29, 1.82) is 0 Å². The van der Waals surface area contributed by atoms with Crippen LogP contribution in [0.2, 0.25) is 0 Å². The van der Waals surface area contributed by atoms with Gasteiger partial charge in [0.15, 0.2) is 0 Å². The molecular weight excluding hydrogens is 366 g/mol. The molecule has 1 aromatic heterocycles. The maximum absolute atomic E-state index is 12.6. The molecule has 2 aromatic rings. The van der Waals surface area contributed by atoms with Gasteiger partial charge in [-0.15, -0.1) is 12.4 Å². The Bertz CT molecular complexity index is 722. The zero-order valence-electron chi connectivity index (χ0n) is 15.9. The van der Waals surface area contributed by atoms with E-state index in [1.54, 1.807) is 6.07 Å². The number of hydrogen-bond donors (Lipinski definition) is 2. The summed E-state index contributed by atoms with van der Waals surface area (Å²) in [6, 6.07) is 7.33. The van der Waals surface area contributed by atoms with E-state index in [9.17, 15) is 4.79 Å². The first kappa shape index (κ1) is 21.3. The fourth-order valence-corrected chi connectivity index (χ4v) is 3.29. The third-order valence-corrected chi connectivity index (χ3v) is 4.92. The molecule has 1 aromatic carbocycles. The highest BCUT2D eigenvalue weighted by molar-refractivity contribution is 5.96. The number of rotatable bonds is 7. The average molecular weight is 394 g/mol. The highest BCUT2D eigenvalue weighted by Crippen LogP contribution is 2.21. The molecule has 2 N–H and O–H groups in total. The summed E-state index contributed by atoms with van der Waals surface area (Å²) in [7, 11) is 0. The van der Waals surface area contributed by atoms with Crippen LogP contribution in [-0.4, -0.2) is 30.7 Å². The molecule has 1 unspecified atom stereocenters. The molecule has 1 aliphatic rings. The molecule has 1 saturated heterocycles. The van der Waals surface area contributed by atoms with Gasteiger partial charge in [-0.05, 0) is 64.3 Å². The molecule has 1 aliphatic heterocycles. The number of ether oxygens (including phenoxy) is 1. The Labute approximate surface area is 166 Å². The molecule has 7 heteroatoms. The number of nitrogens with one attached hydrogen (secondary N) is 2. The van der Waals surface area contributed by atoms with Crippen molar-refractivity contribution < 1.29 is 14.1 Å². The Morgan fingerprint density at radius 3 is 2.89 bits per heavy atom. The Balaban J connectivity index is 0.00000261. The lowest BCUT2D eigenvalue weighted by atomic mass is 9.96. The van der Waals surface area contributed by atoms with Crippen LogP contribution < -0.4 is 15.4 Å². The van der Waals surface area contributed by atoms with Crippen LogP contribution in [-0.2, 0) is 6.61 Å². The van der Waals surface area contributed by atoms with Crippen LogP contribution in [0.4, 0.5) is 0 Å². The minimum absolute atomic E-state index is 0. The van der Waals surface area contributed by atoms with Gasteiger partial charge >= 0.3 is 0 Å². The largest absolute Gasteiger partial charge is 0.488 e. The van der Waals surface area contributed by atoms with Gasteiger partial charge in [0.1, 0.15) is 18.1 Å². The van der Waals surface area contributed by atoms with E-state index in [1.807, 2.05) is 32.0 Å². The van der Waals surface area contributed by atoms with Crippen molar-refractivity contribution in [2.24, 2.45) is 5.92 Å². The number of halogens is 1. The van der Waals surface area contributed by atoms with E-state index in [4.69, 9.17) is 9.26 Å². The number of aromatic nitrogens is 1. The van der Waals surface area contributed by atoms with E-state index >= 15 is 0 Å². The second-order valence-electron chi connectivity index (χ2n) is 6.84. The first-order valence-electron chi connectivity index (χ1n) is 9.27. The van der Waals surface area contributed by atoms with Gasteiger partial charge in [-0.25, -0.2) is 0 Å². The molecule has 1 fully saturated rings. The lowest BCUT2D eigenvalue weighted by Gasteiger charge is -2.22. The molecular formula is C20H28ClN3O3. The minimum atomic E-state index is -0.0943. The van der Waals surface area contributed by atoms with E-state index in [-0.39, 0.29) is 18.3 Å². The summed E-state index contributed by atoms with van der Waals surface area (Å²) in [5, 5.41) is 10.4. The van der Waals surface area contributed by atoms with E-state index in [0.29, 0.717) is 30.4 Å². The third kappa shape index (κ3) is 5.71. The van der Waals surface area contributed by atoms with Crippen LogP contribution in [0, 0.1) is 19.8 Å². The quantitative estimate of drug-likeness (QED) is 0.753. The molecule has 0 spiro atoms. The second kappa shape index (κ2) is 10.3. The number of benzene rings is 1. The van der Waals surface area contributed by atoms with Crippen LogP contribution in [0.1, 0.15) is 46.6 Å². The fraction of sp³-hybridized carbons (Fsp3) is 0.500. The minimum Gasteiger partial charge on any atom is -0.488 e. The SMILES string of the molecule is Cc1noc(C)c1COc1ccccc1C(=O)NCCC1CCCNC1.Cl. The molecule has 0 aliphatic carbocycles. The van der Waals surface area contributed by atoms with Crippen LogP contribution >= 0.6 is 12.4 Å². The number of hydrogen-bond acceptors (Lipinski definition) is 5. The van der Waals surface area contributed by atoms with Gasteiger partial charge < -0.3 is 19.9 Å². The standard InChI is InChI=1S/C20H27N3O3.ClH/c1-14-18(15(2)26-23-14)13-25-19-8-4-3-7-17(19)20(24)22-11-9-16-6-5-10-21-12-16;/h3-4,7-8,16,21H,5-6,9-13H2,1-2H3,(H,22,24);1H. The first-order chi connectivity index (χ1) is 12.6. The summed E-state index contributed by atoms with van der Waals surface area (Å²) in [4.78, 5) is 12.6. The van der Waals surface area contributed by atoms with Gasteiger partial charge in [-0.3, -0.25) is 4.79 Å². The zero-order chi connectivity index (χ0) is 18.4. The van der Waals surface area contributed by atoms with Crippen molar-refractivity contribution in [2.75, 3.05) is 19.6 Å². The number of aryl methyl sites for hydroxylation is 2. The van der Waals surface area contributed by atoms with Crippen LogP contribution in [0.5, 0.6) is 5.75 Å². The Kier molecular flexibility index (Phi) is 8.13. The molecule has 148 valence electrons. The normalized spacial score (nSPS) is 16.4. The molecule has 0 bridgehead atoms. The van der Waals surface area contributed by atoms with Gasteiger partial charge in [0, 0.05) is 6.54 Å². The summed E-state index contributed by atoms with van der Waals surface area (Å²) < 4.78 is 11.0.